The third-order valence-electron chi connectivity index (χ3n) is 27.7. The number of allylic oxidation sites excluding steroid dienone is 2. The van der Waals surface area contributed by atoms with Crippen molar-refractivity contribution in [3.63, 3.8) is 0 Å². The molecule has 16 atom stereocenters. The van der Waals surface area contributed by atoms with Crippen molar-refractivity contribution in [2.24, 2.45) is 80.8 Å². The molecule has 8 aliphatic rings. The third-order valence-corrected chi connectivity index (χ3v) is 30.7. The summed E-state index contributed by atoms with van der Waals surface area (Å²) < 4.78 is 82.2. The Morgan fingerprint density at radius 2 is 0.887 bits per heavy atom. The van der Waals surface area contributed by atoms with Gasteiger partial charge in [-0.1, -0.05) is 113 Å². The maximum absolute atomic E-state index is 13.4. The first-order chi connectivity index (χ1) is 50.6. The van der Waals surface area contributed by atoms with Crippen LogP contribution in [0.15, 0.2) is 106 Å². The summed E-state index contributed by atoms with van der Waals surface area (Å²) in [6.07, 6.45) is 23.7. The van der Waals surface area contributed by atoms with Gasteiger partial charge in [0.05, 0.1) is 22.9 Å². The Labute approximate surface area is 631 Å². The monoisotopic (exact) mass is 1490 g/mol. The first-order valence-corrected chi connectivity index (χ1v) is 42.5. The smallest absolute Gasteiger partial charge is 0.320 e. The van der Waals surface area contributed by atoms with Crippen LogP contribution in [0.4, 0.5) is 11.4 Å². The van der Waals surface area contributed by atoms with E-state index in [4.69, 9.17) is 18.9 Å². The second-order valence-corrected chi connectivity index (χ2v) is 37.3. The Hall–Kier alpha value is -6.78. The van der Waals surface area contributed by atoms with Gasteiger partial charge in [-0.2, -0.15) is 0 Å². The summed E-state index contributed by atoms with van der Waals surface area (Å²) in [6, 6.07) is 21.9. The number of hydrogen-bond acceptors (Lipinski definition) is 16. The summed E-state index contributed by atoms with van der Waals surface area (Å²) in [5.74, 6) is 15.6. The Morgan fingerprint density at radius 3 is 1.29 bits per heavy atom. The Morgan fingerprint density at radius 1 is 0.491 bits per heavy atom. The first-order valence-electron chi connectivity index (χ1n) is 39.5. The van der Waals surface area contributed by atoms with E-state index in [1.807, 2.05) is 86.5 Å². The number of esters is 4. The van der Waals surface area contributed by atoms with Crippen LogP contribution in [0, 0.1) is 105 Å². The third kappa shape index (κ3) is 16.7. The highest BCUT2D eigenvalue weighted by Gasteiger charge is 2.61. The quantitative estimate of drug-likeness (QED) is 0.0136. The molecule has 12 rings (SSSR count). The molecule has 4 aromatic carbocycles. The highest BCUT2D eigenvalue weighted by Crippen LogP contribution is 2.69. The number of carbonyl (C=O) groups excluding carboxylic acids is 4. The fraction of sp³-hybridized carbons (Fsp3) is 0.628. The van der Waals surface area contributed by atoms with Crippen LogP contribution >= 0.6 is 0 Å². The lowest BCUT2D eigenvalue weighted by molar-refractivity contribution is -0.151. The lowest BCUT2D eigenvalue weighted by Gasteiger charge is -2.58. The molecular formula is C86H116N6O12S2. The average molecular weight is 1490 g/mol. The van der Waals surface area contributed by atoms with E-state index in [1.165, 1.54) is 62.5 Å². The fourth-order valence-corrected chi connectivity index (χ4v) is 24.9. The second-order valence-electron chi connectivity index (χ2n) is 33.8. The Bertz CT molecular complexity index is 4070. The average Bonchev–Trinajstić information content (AvgIpc) is 1.28. The molecule has 0 heterocycles. The van der Waals surface area contributed by atoms with Gasteiger partial charge in [-0.3, -0.25) is 19.2 Å². The van der Waals surface area contributed by atoms with Crippen molar-refractivity contribution < 1.29 is 55.0 Å². The van der Waals surface area contributed by atoms with E-state index < -0.39 is 20.0 Å². The molecule has 0 amide bonds. The van der Waals surface area contributed by atoms with E-state index >= 15 is 0 Å². The van der Waals surface area contributed by atoms with Crippen LogP contribution < -0.4 is 29.9 Å². The van der Waals surface area contributed by atoms with Crippen LogP contribution in [0.3, 0.4) is 0 Å². The predicted octanol–water partition coefficient (Wildman–Crippen LogP) is 13.5. The normalized spacial score (nSPS) is 29.9. The summed E-state index contributed by atoms with van der Waals surface area (Å²) >= 11 is 0. The van der Waals surface area contributed by atoms with E-state index in [9.17, 15) is 36.0 Å². The van der Waals surface area contributed by atoms with Crippen molar-refractivity contribution >= 4 is 76.8 Å². The topological polar surface area (TPSA) is 228 Å². The summed E-state index contributed by atoms with van der Waals surface area (Å²) in [7, 11) is 0.151. The van der Waals surface area contributed by atoms with Crippen LogP contribution in [0.1, 0.15) is 170 Å². The van der Waals surface area contributed by atoms with Crippen molar-refractivity contribution in [3.05, 3.63) is 96.1 Å². The standard InChI is InChI=1S/C86H116N6O12S2/c1-57(69-33-35-71-67-31-29-59-53-61(39-43-83(59,3)73(67)41-45-85(69,71)5)103-81(95)55-87-47-49-89-105(97,98)77-25-17-19-63-65(77)21-15-23-75(63)91(7)8)27-37-79(93)101-51-13-11-12-14-52-102-80(94)38-28-58(2)70-34-36-72-68-32-30-60-54-62(40-44-84(60,4)74(68)42-46-86(70,72)6)104-82(96)56-88-48-50-90-106(99,100)78-26-18-20-64-66(78)22-16-24-76(64)92(9)10/h15-26,29-30,57-58,61-62,67-74,87-90H,27-28,31-56H2,1-10H3/t57-,58-,61+,62+,67+,68+,69-,70-,71+,72+,73+,74+,83+,84+,85-,86-/m1/s1. The maximum Gasteiger partial charge on any atom is 0.320 e. The van der Waals surface area contributed by atoms with E-state index in [0.29, 0.717) is 82.8 Å². The molecule has 0 spiro atoms. The van der Waals surface area contributed by atoms with Gasteiger partial charge in [-0.05, 0) is 232 Å². The lowest BCUT2D eigenvalue weighted by atomic mass is 9.47. The first kappa shape index (κ1) is 78.8. The van der Waals surface area contributed by atoms with Crippen LogP contribution in [-0.4, -0.2) is 134 Å². The Kier molecular flexibility index (Phi) is 24.7. The zero-order valence-corrected chi connectivity index (χ0v) is 66.1. The van der Waals surface area contributed by atoms with Crippen molar-refractivity contribution in [1.82, 2.24) is 20.1 Å². The van der Waals surface area contributed by atoms with Gasteiger partial charge in [-0.15, -0.1) is 0 Å². The minimum Gasteiger partial charge on any atom is -0.461 e. The summed E-state index contributed by atoms with van der Waals surface area (Å²) in [6.45, 7) is 15.4. The number of hydrogen-bond donors (Lipinski definition) is 4. The largest absolute Gasteiger partial charge is 0.461 e. The molecule has 574 valence electrons. The molecule has 4 N–H and O–H groups in total. The highest BCUT2D eigenvalue weighted by atomic mass is 32.2. The molecular weight excluding hydrogens is 1370 g/mol. The van der Waals surface area contributed by atoms with Crippen LogP contribution in [0.5, 0.6) is 0 Å². The number of rotatable bonds is 28. The van der Waals surface area contributed by atoms with Gasteiger partial charge >= 0.3 is 23.9 Å². The van der Waals surface area contributed by atoms with E-state index in [2.05, 4.69) is 97.5 Å². The number of benzene rings is 4. The zero-order chi connectivity index (χ0) is 75.3. The number of sulfonamides is 2. The van der Waals surface area contributed by atoms with Crippen LogP contribution in [0.2, 0.25) is 0 Å². The molecule has 0 aromatic heterocycles. The van der Waals surface area contributed by atoms with Gasteiger partial charge < -0.3 is 39.4 Å². The summed E-state index contributed by atoms with van der Waals surface area (Å²) in [5.41, 5.74) is 5.37. The molecule has 6 fully saturated rings. The minimum atomic E-state index is -3.79. The highest BCUT2D eigenvalue weighted by molar-refractivity contribution is 7.90. The number of fused-ring (bicyclic) bond motifs is 12. The van der Waals surface area contributed by atoms with Gasteiger partial charge in [-0.25, -0.2) is 26.3 Å². The lowest BCUT2D eigenvalue weighted by Crippen LogP contribution is -2.51. The molecule has 20 heteroatoms. The molecule has 0 saturated heterocycles. The van der Waals surface area contributed by atoms with Gasteiger partial charge in [0.1, 0.15) is 12.2 Å². The van der Waals surface area contributed by atoms with E-state index in [1.54, 1.807) is 24.3 Å². The molecule has 0 bridgehead atoms. The Balaban J connectivity index is 0.506. The maximum atomic E-state index is 13.4. The SMILES string of the molecule is C[C@H](CCC(=O)OCC#CC#CCOC(=O)CC[C@@H](C)[C@H]1CC[C@H]2[C@@H]3CC=C4C[C@@H](OC(=O)CNCCNS(=O)(=O)c5cccc6c(N(C)C)cccc56)CC[C@]4(C)[C@H]3CC[C@]12C)[C@H]1CC[C@H]2[C@@H]3CC=C4C[C@@H](OC(=O)CNCCNS(=O)(=O)c5cccc6c(N(C)C)cccc56)CC[C@]4(C)[C@H]3CC[C@]12C. The van der Waals surface area contributed by atoms with Crippen molar-refractivity contribution in [3.8, 4) is 23.7 Å². The van der Waals surface area contributed by atoms with Crippen LogP contribution in [0.25, 0.3) is 21.5 Å². The molecule has 0 aliphatic heterocycles. The molecule has 0 radical (unpaired) electrons. The van der Waals surface area contributed by atoms with Gasteiger partial charge in [0, 0.05) is 113 Å². The van der Waals surface area contributed by atoms with Crippen molar-refractivity contribution in [1.29, 1.82) is 0 Å². The van der Waals surface area contributed by atoms with Gasteiger partial charge in [0.25, 0.3) is 0 Å². The molecule has 106 heavy (non-hydrogen) atoms. The summed E-state index contributed by atoms with van der Waals surface area (Å²) in [4.78, 5) is 56.7. The minimum absolute atomic E-state index is 0.00724. The molecule has 4 aromatic rings. The number of carbonyl (C=O) groups is 4. The van der Waals surface area contributed by atoms with Gasteiger partial charge in [0.2, 0.25) is 20.0 Å². The number of ether oxygens (including phenoxy) is 4. The fourth-order valence-electron chi connectivity index (χ4n) is 22.4. The zero-order valence-electron chi connectivity index (χ0n) is 64.4. The van der Waals surface area contributed by atoms with E-state index in [0.717, 1.165) is 86.4 Å². The van der Waals surface area contributed by atoms with Crippen LogP contribution in [-0.2, 0) is 58.2 Å². The molecule has 6 saturated carbocycles. The second kappa shape index (κ2) is 33.2. The molecule has 8 aliphatic carbocycles. The molecule has 0 unspecified atom stereocenters. The van der Waals surface area contributed by atoms with Crippen molar-refractivity contribution in [2.45, 2.75) is 192 Å². The predicted molar refractivity (Wildman–Crippen MR) is 417 cm³/mol. The summed E-state index contributed by atoms with van der Waals surface area (Å²) in [5, 5.41) is 9.21. The number of nitrogens with zero attached hydrogens (tertiary/aromatic N) is 2. The van der Waals surface area contributed by atoms with Crippen molar-refractivity contribution in [2.75, 3.05) is 90.5 Å². The number of anilines is 2. The van der Waals surface area contributed by atoms with Gasteiger partial charge in [0.15, 0.2) is 13.2 Å². The molecule has 18 nitrogen and oxygen atoms in total. The number of nitrogens with one attached hydrogen (secondary N) is 4. The van der Waals surface area contributed by atoms with E-state index in [-0.39, 0.29) is 120 Å².